The Bertz CT molecular complexity index is 639. The summed E-state index contributed by atoms with van der Waals surface area (Å²) < 4.78 is 0. The molecule has 2 rings (SSSR count). The van der Waals surface area contributed by atoms with E-state index in [-0.39, 0.29) is 17.3 Å². The first-order valence-electron chi connectivity index (χ1n) is 6.40. The molecule has 0 bridgehead atoms. The second-order valence-corrected chi connectivity index (χ2v) is 5.45. The molecule has 0 spiro atoms. The summed E-state index contributed by atoms with van der Waals surface area (Å²) in [6.07, 6.45) is 0.741. The SMILES string of the molecule is CC(C)(Nc1cc2c(cc1[N+](=O)[O-])CCC(=O)N2)C(N)=O. The zero-order chi connectivity index (χ0) is 15.8. The molecule has 0 radical (unpaired) electrons. The van der Waals surface area contributed by atoms with Crippen molar-refractivity contribution in [1.82, 2.24) is 0 Å². The molecule has 1 heterocycles. The second-order valence-electron chi connectivity index (χ2n) is 5.45. The Kier molecular flexibility index (Phi) is 3.54. The lowest BCUT2D eigenvalue weighted by molar-refractivity contribution is -0.384. The molecule has 4 N–H and O–H groups in total. The quantitative estimate of drug-likeness (QED) is 0.566. The van der Waals surface area contributed by atoms with Crippen LogP contribution in [-0.2, 0) is 16.0 Å². The van der Waals surface area contributed by atoms with E-state index in [1.54, 1.807) is 0 Å². The Morgan fingerprint density at radius 2 is 2.10 bits per heavy atom. The van der Waals surface area contributed by atoms with Crippen molar-refractivity contribution in [2.45, 2.75) is 32.2 Å². The lowest BCUT2D eigenvalue weighted by Crippen LogP contribution is -2.45. The molecule has 1 aromatic rings. The van der Waals surface area contributed by atoms with E-state index in [9.17, 15) is 19.7 Å². The van der Waals surface area contributed by atoms with Crippen molar-refractivity contribution in [3.8, 4) is 0 Å². The number of rotatable bonds is 4. The molecule has 0 unspecified atom stereocenters. The fourth-order valence-electron chi connectivity index (χ4n) is 2.07. The van der Waals surface area contributed by atoms with E-state index in [1.165, 1.54) is 26.0 Å². The topological polar surface area (TPSA) is 127 Å². The first-order valence-corrected chi connectivity index (χ1v) is 6.40. The lowest BCUT2D eigenvalue weighted by Gasteiger charge is -2.25. The molecule has 8 nitrogen and oxygen atoms in total. The summed E-state index contributed by atoms with van der Waals surface area (Å²) in [6.45, 7) is 3.05. The average Bonchev–Trinajstić information content (AvgIpc) is 2.36. The number of nitrogens with one attached hydrogen (secondary N) is 2. The number of nitro groups is 1. The molecule has 21 heavy (non-hydrogen) atoms. The van der Waals surface area contributed by atoms with Gasteiger partial charge in [0.1, 0.15) is 11.2 Å². The van der Waals surface area contributed by atoms with Gasteiger partial charge in [-0.2, -0.15) is 0 Å². The highest BCUT2D eigenvalue weighted by Crippen LogP contribution is 2.35. The lowest BCUT2D eigenvalue weighted by atomic mass is 9.99. The summed E-state index contributed by atoms with van der Waals surface area (Å²) >= 11 is 0. The minimum atomic E-state index is -1.16. The van der Waals surface area contributed by atoms with Crippen LogP contribution >= 0.6 is 0 Å². The fraction of sp³-hybridized carbons (Fsp3) is 0.385. The maximum atomic E-state index is 11.4. The van der Waals surface area contributed by atoms with Gasteiger partial charge in [-0.15, -0.1) is 0 Å². The van der Waals surface area contributed by atoms with E-state index in [2.05, 4.69) is 10.6 Å². The molecule has 112 valence electrons. The molecule has 0 saturated carbocycles. The van der Waals surface area contributed by atoms with Gasteiger partial charge in [-0.3, -0.25) is 19.7 Å². The number of anilines is 2. The fourth-order valence-corrected chi connectivity index (χ4v) is 2.07. The third-order valence-corrected chi connectivity index (χ3v) is 3.38. The number of aryl methyl sites for hydroxylation is 1. The van der Waals surface area contributed by atoms with Gasteiger partial charge in [0, 0.05) is 18.2 Å². The smallest absolute Gasteiger partial charge is 0.292 e. The van der Waals surface area contributed by atoms with E-state index < -0.39 is 16.4 Å². The molecule has 0 atom stereocenters. The van der Waals surface area contributed by atoms with Gasteiger partial charge in [-0.05, 0) is 31.9 Å². The number of hydrogen-bond donors (Lipinski definition) is 3. The van der Waals surface area contributed by atoms with E-state index >= 15 is 0 Å². The number of carbonyl (C=O) groups is 2. The van der Waals surface area contributed by atoms with Crippen LogP contribution in [0.2, 0.25) is 0 Å². The van der Waals surface area contributed by atoms with Crippen molar-refractivity contribution >= 4 is 28.9 Å². The van der Waals surface area contributed by atoms with E-state index in [0.29, 0.717) is 24.1 Å². The number of nitrogens with two attached hydrogens (primary N) is 1. The van der Waals surface area contributed by atoms with Crippen LogP contribution in [-0.4, -0.2) is 22.3 Å². The van der Waals surface area contributed by atoms with Gasteiger partial charge in [0.15, 0.2) is 0 Å². The summed E-state index contributed by atoms with van der Waals surface area (Å²) in [5, 5.41) is 16.6. The highest BCUT2D eigenvalue weighted by Gasteiger charge is 2.29. The van der Waals surface area contributed by atoms with Crippen LogP contribution in [0.4, 0.5) is 17.1 Å². The van der Waals surface area contributed by atoms with Crippen molar-refractivity contribution in [3.63, 3.8) is 0 Å². The molecule has 1 aromatic carbocycles. The van der Waals surface area contributed by atoms with Crippen molar-refractivity contribution in [3.05, 3.63) is 27.8 Å². The van der Waals surface area contributed by atoms with E-state index in [1.807, 2.05) is 0 Å². The number of primary amides is 1. The van der Waals surface area contributed by atoms with Gasteiger partial charge in [-0.1, -0.05) is 0 Å². The summed E-state index contributed by atoms with van der Waals surface area (Å²) in [7, 11) is 0. The Morgan fingerprint density at radius 3 is 2.67 bits per heavy atom. The van der Waals surface area contributed by atoms with Crippen LogP contribution in [0.1, 0.15) is 25.8 Å². The monoisotopic (exact) mass is 292 g/mol. The van der Waals surface area contributed by atoms with Crippen LogP contribution in [0.3, 0.4) is 0 Å². The molecule has 0 aliphatic carbocycles. The standard InChI is InChI=1S/C13H16N4O4/c1-13(2,12(14)19)16-9-6-8-7(3-4-11(18)15-8)5-10(9)17(20)21/h5-6,16H,3-4H2,1-2H3,(H2,14,19)(H,15,18). The van der Waals surface area contributed by atoms with Crippen LogP contribution in [0.25, 0.3) is 0 Å². The molecule has 1 aliphatic rings. The van der Waals surface area contributed by atoms with Crippen LogP contribution in [0.5, 0.6) is 0 Å². The van der Waals surface area contributed by atoms with Gasteiger partial charge in [0.2, 0.25) is 11.8 Å². The summed E-state index contributed by atoms with van der Waals surface area (Å²) in [6, 6.07) is 2.88. The Hall–Kier alpha value is -2.64. The van der Waals surface area contributed by atoms with Crippen LogP contribution < -0.4 is 16.4 Å². The Balaban J connectivity index is 2.48. The zero-order valence-corrected chi connectivity index (χ0v) is 11.7. The van der Waals surface area contributed by atoms with Crippen LogP contribution in [0, 0.1) is 10.1 Å². The molecular formula is C13H16N4O4. The summed E-state index contributed by atoms with van der Waals surface area (Å²) in [5.74, 6) is -0.782. The van der Waals surface area contributed by atoms with Gasteiger partial charge in [-0.25, -0.2) is 0 Å². The largest absolute Gasteiger partial charge is 0.368 e. The number of benzene rings is 1. The highest BCUT2D eigenvalue weighted by molar-refractivity contribution is 5.96. The van der Waals surface area contributed by atoms with Crippen LogP contribution in [0.15, 0.2) is 12.1 Å². The Morgan fingerprint density at radius 1 is 1.43 bits per heavy atom. The minimum Gasteiger partial charge on any atom is -0.368 e. The van der Waals surface area contributed by atoms with E-state index in [4.69, 9.17) is 5.73 Å². The van der Waals surface area contributed by atoms with Crippen molar-refractivity contribution in [2.24, 2.45) is 5.73 Å². The zero-order valence-electron chi connectivity index (χ0n) is 11.7. The van der Waals surface area contributed by atoms with Gasteiger partial charge in [0.05, 0.1) is 4.92 Å². The predicted molar refractivity (Wildman–Crippen MR) is 76.9 cm³/mol. The normalized spacial score (nSPS) is 14.1. The summed E-state index contributed by atoms with van der Waals surface area (Å²) in [5.41, 5.74) is 5.31. The molecule has 1 aliphatic heterocycles. The molecular weight excluding hydrogens is 276 g/mol. The second kappa shape index (κ2) is 5.04. The highest BCUT2D eigenvalue weighted by atomic mass is 16.6. The van der Waals surface area contributed by atoms with Gasteiger partial charge in [0.25, 0.3) is 5.69 Å². The minimum absolute atomic E-state index is 0.142. The number of nitro benzene ring substituents is 1. The van der Waals surface area contributed by atoms with Gasteiger partial charge >= 0.3 is 0 Å². The number of amides is 2. The maximum Gasteiger partial charge on any atom is 0.292 e. The third kappa shape index (κ3) is 2.93. The molecule has 8 heteroatoms. The Labute approximate surface area is 120 Å². The van der Waals surface area contributed by atoms with Crippen molar-refractivity contribution in [1.29, 1.82) is 0 Å². The number of nitrogens with zero attached hydrogens (tertiary/aromatic N) is 1. The van der Waals surface area contributed by atoms with Crippen molar-refractivity contribution < 1.29 is 14.5 Å². The maximum absolute atomic E-state index is 11.4. The molecule has 0 saturated heterocycles. The average molecular weight is 292 g/mol. The third-order valence-electron chi connectivity index (χ3n) is 3.38. The van der Waals surface area contributed by atoms with Gasteiger partial charge < -0.3 is 16.4 Å². The molecule has 0 fully saturated rings. The first kappa shape index (κ1) is 14.8. The van der Waals surface area contributed by atoms with Crippen molar-refractivity contribution in [2.75, 3.05) is 10.6 Å². The predicted octanol–water partition coefficient (Wildman–Crippen LogP) is 1.16. The summed E-state index contributed by atoms with van der Waals surface area (Å²) in [4.78, 5) is 33.4. The first-order chi connectivity index (χ1) is 9.70. The molecule has 2 amide bonds. The molecule has 0 aromatic heterocycles. The number of carbonyl (C=O) groups excluding carboxylic acids is 2. The van der Waals surface area contributed by atoms with E-state index in [0.717, 1.165) is 0 Å². The number of fused-ring (bicyclic) bond motifs is 1. The number of hydrogen-bond acceptors (Lipinski definition) is 5.